The van der Waals surface area contributed by atoms with Crippen molar-refractivity contribution in [3.05, 3.63) is 30.1 Å². The monoisotopic (exact) mass is 404 g/mol. The summed E-state index contributed by atoms with van der Waals surface area (Å²) >= 11 is 0. The fraction of sp³-hybridized carbons (Fsp3) is 0.619. The van der Waals surface area contributed by atoms with Crippen LogP contribution < -0.4 is 5.32 Å². The normalized spacial score (nSPS) is 24.6. The first kappa shape index (κ1) is 20.1. The van der Waals surface area contributed by atoms with Crippen LogP contribution in [0.3, 0.4) is 0 Å². The summed E-state index contributed by atoms with van der Waals surface area (Å²) in [4.78, 5) is 31.7. The quantitative estimate of drug-likeness (QED) is 0.839. The Morgan fingerprint density at radius 3 is 2.38 bits per heavy atom. The van der Waals surface area contributed by atoms with Gasteiger partial charge < -0.3 is 19.9 Å². The zero-order chi connectivity index (χ0) is 20.2. The van der Waals surface area contributed by atoms with Crippen LogP contribution in [0.15, 0.2) is 24.3 Å². The Bertz CT molecular complexity index is 715. The number of piperazine rings is 1. The summed E-state index contributed by atoms with van der Waals surface area (Å²) in [5.74, 6) is -0.0871. The van der Waals surface area contributed by atoms with Crippen LogP contribution in [0.1, 0.15) is 25.7 Å². The van der Waals surface area contributed by atoms with E-state index in [0.717, 1.165) is 45.4 Å². The number of urea groups is 1. The molecule has 1 aromatic rings. The van der Waals surface area contributed by atoms with Gasteiger partial charge in [0.1, 0.15) is 5.82 Å². The van der Waals surface area contributed by atoms with Crippen LogP contribution in [0, 0.1) is 5.82 Å². The van der Waals surface area contributed by atoms with Gasteiger partial charge in [-0.15, -0.1) is 0 Å². The first-order chi connectivity index (χ1) is 14.1. The third kappa shape index (κ3) is 4.70. The summed E-state index contributed by atoms with van der Waals surface area (Å²) in [6.45, 7) is 4.85. The Hall–Kier alpha value is -2.19. The van der Waals surface area contributed by atoms with Gasteiger partial charge in [0.15, 0.2) is 0 Å². The number of hydrogen-bond acceptors (Lipinski definition) is 4. The molecular formula is C21H29FN4O3. The lowest BCUT2D eigenvalue weighted by atomic mass is 9.97. The van der Waals surface area contributed by atoms with E-state index >= 15 is 0 Å². The number of ether oxygens (including phenoxy) is 1. The molecule has 1 atom stereocenters. The highest BCUT2D eigenvalue weighted by molar-refractivity contribution is 5.89. The van der Waals surface area contributed by atoms with Crippen molar-refractivity contribution >= 4 is 17.6 Å². The number of nitrogens with zero attached hydrogens (tertiary/aromatic N) is 3. The number of hydrogen-bond donors (Lipinski definition) is 1. The maximum absolute atomic E-state index is 13.1. The summed E-state index contributed by atoms with van der Waals surface area (Å²) in [5, 5.41) is 2.81. The van der Waals surface area contributed by atoms with E-state index in [9.17, 15) is 14.0 Å². The summed E-state index contributed by atoms with van der Waals surface area (Å²) in [6.07, 6.45) is 3.77. The van der Waals surface area contributed by atoms with Crippen molar-refractivity contribution in [2.24, 2.45) is 0 Å². The van der Waals surface area contributed by atoms with Crippen LogP contribution in [0.2, 0.25) is 0 Å². The van der Waals surface area contributed by atoms with Gasteiger partial charge in [-0.1, -0.05) is 0 Å². The molecule has 3 aliphatic rings. The van der Waals surface area contributed by atoms with Gasteiger partial charge in [0, 0.05) is 57.7 Å². The first-order valence-electron chi connectivity index (χ1n) is 10.6. The van der Waals surface area contributed by atoms with Crippen molar-refractivity contribution in [2.75, 3.05) is 51.3 Å². The number of anilines is 1. The number of carbonyl (C=O) groups excluding carboxylic acids is 2. The van der Waals surface area contributed by atoms with Gasteiger partial charge in [-0.05, 0) is 49.9 Å². The molecule has 4 rings (SSSR count). The lowest BCUT2D eigenvalue weighted by molar-refractivity contribution is -0.145. The Balaban J connectivity index is 1.29. The molecule has 0 bridgehead atoms. The second kappa shape index (κ2) is 9.09. The lowest BCUT2D eigenvalue weighted by Crippen LogP contribution is -2.60. The summed E-state index contributed by atoms with van der Waals surface area (Å²) in [7, 11) is 0. The summed E-state index contributed by atoms with van der Waals surface area (Å²) < 4.78 is 18.5. The predicted octanol–water partition coefficient (Wildman–Crippen LogP) is 2.15. The molecule has 3 aliphatic heterocycles. The number of benzene rings is 1. The Kier molecular flexibility index (Phi) is 6.30. The third-order valence-corrected chi connectivity index (χ3v) is 6.21. The number of carbonyl (C=O) groups is 2. The Labute approximate surface area is 170 Å². The Morgan fingerprint density at radius 1 is 1.00 bits per heavy atom. The smallest absolute Gasteiger partial charge is 0.321 e. The largest absolute Gasteiger partial charge is 0.381 e. The minimum atomic E-state index is -0.330. The summed E-state index contributed by atoms with van der Waals surface area (Å²) in [5.41, 5.74) is 0.577. The number of rotatable bonds is 3. The molecule has 1 N–H and O–H groups in total. The fourth-order valence-corrected chi connectivity index (χ4v) is 4.55. The fourth-order valence-electron chi connectivity index (χ4n) is 4.55. The van der Waals surface area contributed by atoms with Gasteiger partial charge in [-0.3, -0.25) is 9.69 Å². The molecule has 3 heterocycles. The van der Waals surface area contributed by atoms with Gasteiger partial charge in [0.2, 0.25) is 5.91 Å². The Morgan fingerprint density at radius 2 is 1.69 bits per heavy atom. The van der Waals surface area contributed by atoms with Crippen molar-refractivity contribution in [2.45, 2.75) is 37.8 Å². The number of nitrogens with one attached hydrogen (secondary N) is 1. The van der Waals surface area contributed by atoms with Crippen LogP contribution in [0.25, 0.3) is 0 Å². The van der Waals surface area contributed by atoms with Crippen LogP contribution in [0.4, 0.5) is 14.9 Å². The second-order valence-corrected chi connectivity index (χ2v) is 7.99. The molecule has 0 radical (unpaired) electrons. The molecule has 29 heavy (non-hydrogen) atoms. The maximum atomic E-state index is 13.1. The van der Waals surface area contributed by atoms with Crippen LogP contribution in [0.5, 0.6) is 0 Å². The van der Waals surface area contributed by atoms with Gasteiger partial charge in [0.25, 0.3) is 0 Å². The molecule has 8 heteroatoms. The molecule has 1 unspecified atom stereocenters. The number of amides is 3. The third-order valence-electron chi connectivity index (χ3n) is 6.21. The number of likely N-dealkylation sites (tertiary alicyclic amines) is 1. The van der Waals surface area contributed by atoms with E-state index in [2.05, 4.69) is 15.1 Å². The highest BCUT2D eigenvalue weighted by Crippen LogP contribution is 2.24. The van der Waals surface area contributed by atoms with E-state index in [1.807, 2.05) is 0 Å². The van der Waals surface area contributed by atoms with E-state index in [-0.39, 0.29) is 23.8 Å². The molecule has 0 aromatic heterocycles. The molecule has 0 saturated carbocycles. The average molecular weight is 404 g/mol. The molecular weight excluding hydrogens is 375 g/mol. The SMILES string of the molecule is O=C(Nc1ccc(F)cc1)N1CCN(C2CCCN(C3CCOCC3)C2=O)CC1. The number of piperidine rings is 1. The molecule has 158 valence electrons. The molecule has 3 saturated heterocycles. The minimum Gasteiger partial charge on any atom is -0.381 e. The lowest BCUT2D eigenvalue weighted by Gasteiger charge is -2.45. The molecule has 3 amide bonds. The highest BCUT2D eigenvalue weighted by Gasteiger charge is 2.38. The van der Waals surface area contributed by atoms with E-state index in [1.54, 1.807) is 17.0 Å². The first-order valence-corrected chi connectivity index (χ1v) is 10.6. The van der Waals surface area contributed by atoms with Gasteiger partial charge >= 0.3 is 6.03 Å². The van der Waals surface area contributed by atoms with E-state index in [1.165, 1.54) is 12.1 Å². The minimum absolute atomic E-state index is 0.0751. The van der Waals surface area contributed by atoms with Crippen molar-refractivity contribution in [1.29, 1.82) is 0 Å². The highest BCUT2D eigenvalue weighted by atomic mass is 19.1. The predicted molar refractivity (Wildman–Crippen MR) is 107 cm³/mol. The summed E-state index contributed by atoms with van der Waals surface area (Å²) in [6, 6.07) is 5.80. The van der Waals surface area contributed by atoms with E-state index < -0.39 is 0 Å². The van der Waals surface area contributed by atoms with Gasteiger partial charge in [-0.2, -0.15) is 0 Å². The topological polar surface area (TPSA) is 65.1 Å². The maximum Gasteiger partial charge on any atom is 0.321 e. The molecule has 0 aliphatic carbocycles. The standard InChI is InChI=1S/C21H29FN4O3/c22-16-3-5-17(6-4-16)23-21(28)25-12-10-24(11-13-25)19-2-1-9-26(20(19)27)18-7-14-29-15-8-18/h3-6,18-19H,1-2,7-15H2,(H,23,28). The van der Waals surface area contributed by atoms with E-state index in [0.29, 0.717) is 37.9 Å². The van der Waals surface area contributed by atoms with Gasteiger partial charge in [0.05, 0.1) is 6.04 Å². The molecule has 0 spiro atoms. The van der Waals surface area contributed by atoms with Crippen molar-refractivity contribution < 1.29 is 18.7 Å². The van der Waals surface area contributed by atoms with Crippen molar-refractivity contribution in [3.8, 4) is 0 Å². The molecule has 7 nitrogen and oxygen atoms in total. The average Bonchev–Trinajstić information content (AvgIpc) is 2.76. The number of halogens is 1. The van der Waals surface area contributed by atoms with Crippen LogP contribution in [-0.2, 0) is 9.53 Å². The zero-order valence-corrected chi connectivity index (χ0v) is 16.7. The van der Waals surface area contributed by atoms with Crippen molar-refractivity contribution in [3.63, 3.8) is 0 Å². The van der Waals surface area contributed by atoms with Crippen molar-refractivity contribution in [1.82, 2.24) is 14.7 Å². The molecule has 1 aromatic carbocycles. The zero-order valence-electron chi connectivity index (χ0n) is 16.7. The van der Waals surface area contributed by atoms with E-state index in [4.69, 9.17) is 4.74 Å². The molecule has 3 fully saturated rings. The van der Waals surface area contributed by atoms with Crippen LogP contribution >= 0.6 is 0 Å². The van der Waals surface area contributed by atoms with Crippen LogP contribution in [-0.4, -0.2) is 84.7 Å². The second-order valence-electron chi connectivity index (χ2n) is 7.99. The van der Waals surface area contributed by atoms with Gasteiger partial charge in [-0.25, -0.2) is 9.18 Å².